The van der Waals surface area contributed by atoms with Gasteiger partial charge in [-0.05, 0) is 25.8 Å². The summed E-state index contributed by atoms with van der Waals surface area (Å²) in [7, 11) is 0. The number of hydrogen-bond donors (Lipinski definition) is 0. The van der Waals surface area contributed by atoms with Crippen molar-refractivity contribution in [2.24, 2.45) is 5.92 Å². The predicted molar refractivity (Wildman–Crippen MR) is 65.7 cm³/mol. The summed E-state index contributed by atoms with van der Waals surface area (Å²) in [6.45, 7) is 13.4. The molecule has 0 amide bonds. The number of aromatic nitrogens is 2. The number of rotatable bonds is 3. The summed E-state index contributed by atoms with van der Waals surface area (Å²) in [4.78, 5) is 0. The third-order valence-corrected chi connectivity index (χ3v) is 2.57. The summed E-state index contributed by atoms with van der Waals surface area (Å²) in [5.41, 5.74) is 1.15. The Labute approximate surface area is 91.6 Å². The average molecular weight is 204 g/mol. The molecule has 2 nitrogen and oxygen atoms in total. The van der Waals surface area contributed by atoms with E-state index in [1.165, 1.54) is 5.35 Å². The summed E-state index contributed by atoms with van der Waals surface area (Å²) in [6.07, 6.45) is 6.13. The van der Waals surface area contributed by atoms with E-state index in [1.807, 2.05) is 17.8 Å². The van der Waals surface area contributed by atoms with Gasteiger partial charge in [0.05, 0.1) is 11.5 Å². The molecule has 0 aliphatic heterocycles. The molecule has 1 rings (SSSR count). The normalized spacial score (nSPS) is 13.9. The summed E-state index contributed by atoms with van der Waals surface area (Å²) < 4.78 is 2.00. The van der Waals surface area contributed by atoms with Crippen molar-refractivity contribution < 1.29 is 0 Å². The number of allylic oxidation sites excluding steroid dienone is 1. The summed E-state index contributed by atoms with van der Waals surface area (Å²) in [5, 5.41) is 6.68. The minimum absolute atomic E-state index is 0.486. The first-order valence-corrected chi connectivity index (χ1v) is 5.48. The highest BCUT2D eigenvalue weighted by Gasteiger charge is 1.98. The van der Waals surface area contributed by atoms with Crippen LogP contribution in [0.3, 0.4) is 0 Å². The largest absolute Gasteiger partial charge is 0.265 e. The van der Waals surface area contributed by atoms with Gasteiger partial charge in [-0.15, -0.1) is 0 Å². The van der Waals surface area contributed by atoms with E-state index in [0.717, 1.165) is 17.3 Å². The van der Waals surface area contributed by atoms with Crippen LogP contribution in [0.25, 0.3) is 12.2 Å². The maximum absolute atomic E-state index is 4.33. The molecule has 1 heterocycles. The first-order chi connectivity index (χ1) is 7.10. The molecule has 1 aromatic heterocycles. The minimum Gasteiger partial charge on any atom is -0.265 e. The Balaban J connectivity index is 3.28. The Morgan fingerprint density at radius 1 is 1.60 bits per heavy atom. The molecule has 0 radical (unpaired) electrons. The van der Waals surface area contributed by atoms with E-state index in [-0.39, 0.29) is 0 Å². The van der Waals surface area contributed by atoms with Gasteiger partial charge in [0.15, 0.2) is 0 Å². The van der Waals surface area contributed by atoms with Gasteiger partial charge in [-0.2, -0.15) is 5.10 Å². The van der Waals surface area contributed by atoms with Crippen molar-refractivity contribution in [2.45, 2.75) is 34.2 Å². The van der Waals surface area contributed by atoms with Gasteiger partial charge < -0.3 is 0 Å². The van der Waals surface area contributed by atoms with Crippen LogP contribution >= 0.6 is 0 Å². The molecule has 0 aromatic carbocycles. The molecule has 0 unspecified atom stereocenters. The standard InChI is InChI=1S/C13H20N2/c1-6-13-12(8-11(5)10(3)4)9-14-15(13)7-2/h6,8-10H,5,7H2,1-4H3/b12-8-,13-6+. The molecule has 0 aliphatic rings. The van der Waals surface area contributed by atoms with Crippen molar-refractivity contribution in [3.63, 3.8) is 0 Å². The van der Waals surface area contributed by atoms with E-state index in [9.17, 15) is 0 Å². The first-order valence-electron chi connectivity index (χ1n) is 5.48. The third kappa shape index (κ3) is 2.58. The molecule has 1 aromatic rings. The van der Waals surface area contributed by atoms with Crippen LogP contribution in [-0.4, -0.2) is 9.78 Å². The summed E-state index contributed by atoms with van der Waals surface area (Å²) in [5.74, 6) is 0.486. The van der Waals surface area contributed by atoms with Crippen molar-refractivity contribution in [3.8, 4) is 0 Å². The molecule has 2 heteroatoms. The molecule has 0 saturated carbocycles. The lowest BCUT2D eigenvalue weighted by atomic mass is 10.0. The highest BCUT2D eigenvalue weighted by atomic mass is 15.3. The zero-order valence-corrected chi connectivity index (χ0v) is 10.1. The zero-order chi connectivity index (χ0) is 11.4. The topological polar surface area (TPSA) is 17.8 Å². The molecule has 0 fully saturated rings. The second-order valence-corrected chi connectivity index (χ2v) is 3.96. The van der Waals surface area contributed by atoms with Gasteiger partial charge >= 0.3 is 0 Å². The molecule has 0 atom stereocenters. The SMILES string of the molecule is C=C(/C=c1/cnn(CC)/c1=C/C)C(C)C. The Morgan fingerprint density at radius 3 is 2.73 bits per heavy atom. The zero-order valence-electron chi connectivity index (χ0n) is 10.1. The lowest BCUT2D eigenvalue weighted by Crippen LogP contribution is -2.29. The van der Waals surface area contributed by atoms with Crippen molar-refractivity contribution >= 4 is 12.2 Å². The highest BCUT2D eigenvalue weighted by Crippen LogP contribution is 2.06. The van der Waals surface area contributed by atoms with Gasteiger partial charge in [-0.1, -0.05) is 32.1 Å². The van der Waals surface area contributed by atoms with Crippen LogP contribution < -0.4 is 10.6 Å². The van der Waals surface area contributed by atoms with Gasteiger partial charge in [0.1, 0.15) is 0 Å². The van der Waals surface area contributed by atoms with Gasteiger partial charge in [0, 0.05) is 11.8 Å². The van der Waals surface area contributed by atoms with Crippen molar-refractivity contribution in [2.75, 3.05) is 0 Å². The molecule has 0 N–H and O–H groups in total. The predicted octanol–water partition coefficient (Wildman–Crippen LogP) is 1.70. The number of nitrogens with zero attached hydrogens (tertiary/aromatic N) is 2. The van der Waals surface area contributed by atoms with Crippen LogP contribution in [-0.2, 0) is 6.54 Å². The Hall–Kier alpha value is -1.31. The Morgan fingerprint density at radius 2 is 2.27 bits per heavy atom. The van der Waals surface area contributed by atoms with E-state index in [4.69, 9.17) is 0 Å². The van der Waals surface area contributed by atoms with Gasteiger partial charge in [0.2, 0.25) is 0 Å². The fourth-order valence-electron chi connectivity index (χ4n) is 1.45. The van der Waals surface area contributed by atoms with Crippen LogP contribution in [0.5, 0.6) is 0 Å². The first kappa shape index (κ1) is 11.8. The van der Waals surface area contributed by atoms with Crippen molar-refractivity contribution in [3.05, 3.63) is 28.9 Å². The number of aryl methyl sites for hydroxylation is 1. The molecule has 0 aliphatic carbocycles. The third-order valence-electron chi connectivity index (χ3n) is 2.57. The van der Waals surface area contributed by atoms with Gasteiger partial charge in [-0.3, -0.25) is 4.68 Å². The fourth-order valence-corrected chi connectivity index (χ4v) is 1.45. The minimum atomic E-state index is 0.486. The van der Waals surface area contributed by atoms with E-state index < -0.39 is 0 Å². The van der Waals surface area contributed by atoms with Crippen LogP contribution in [0.15, 0.2) is 18.3 Å². The van der Waals surface area contributed by atoms with Crippen LogP contribution in [0.4, 0.5) is 0 Å². The van der Waals surface area contributed by atoms with Gasteiger partial charge in [0.25, 0.3) is 0 Å². The van der Waals surface area contributed by atoms with E-state index in [1.54, 1.807) is 0 Å². The van der Waals surface area contributed by atoms with E-state index >= 15 is 0 Å². The molecule has 0 bridgehead atoms. The Bertz CT molecular complexity index is 449. The smallest absolute Gasteiger partial charge is 0.0639 e. The lowest BCUT2D eigenvalue weighted by molar-refractivity contribution is 0.640. The van der Waals surface area contributed by atoms with Crippen LogP contribution in [0, 0.1) is 5.92 Å². The molecular formula is C13H20N2. The second-order valence-electron chi connectivity index (χ2n) is 3.96. The lowest BCUT2D eigenvalue weighted by Gasteiger charge is -2.01. The summed E-state index contributed by atoms with van der Waals surface area (Å²) >= 11 is 0. The summed E-state index contributed by atoms with van der Waals surface area (Å²) in [6, 6.07) is 0. The molecule has 82 valence electrons. The molecule has 15 heavy (non-hydrogen) atoms. The van der Waals surface area contributed by atoms with Crippen molar-refractivity contribution in [1.29, 1.82) is 0 Å². The maximum atomic E-state index is 4.33. The van der Waals surface area contributed by atoms with E-state index in [2.05, 4.69) is 44.6 Å². The monoisotopic (exact) mass is 204 g/mol. The maximum Gasteiger partial charge on any atom is 0.0639 e. The van der Waals surface area contributed by atoms with Crippen molar-refractivity contribution in [1.82, 2.24) is 9.78 Å². The van der Waals surface area contributed by atoms with Crippen LogP contribution in [0.1, 0.15) is 27.7 Å². The van der Waals surface area contributed by atoms with E-state index in [0.29, 0.717) is 5.92 Å². The second kappa shape index (κ2) is 4.96. The quantitative estimate of drug-likeness (QED) is 0.732. The average Bonchev–Trinajstić information content (AvgIpc) is 2.59. The highest BCUT2D eigenvalue weighted by molar-refractivity contribution is 5.45. The van der Waals surface area contributed by atoms with Crippen LogP contribution in [0.2, 0.25) is 0 Å². The van der Waals surface area contributed by atoms with Gasteiger partial charge in [-0.25, -0.2) is 0 Å². The molecule has 0 spiro atoms. The molecule has 0 saturated heterocycles. The number of hydrogen-bond acceptors (Lipinski definition) is 1. The fraction of sp³-hybridized carbons (Fsp3) is 0.462. The molecular weight excluding hydrogens is 184 g/mol. The Kier molecular flexibility index (Phi) is 3.89.